The van der Waals surface area contributed by atoms with Crippen LogP contribution in [0.15, 0.2) is 24.3 Å². The third-order valence-corrected chi connectivity index (χ3v) is 2.19. The SMILES string of the molecule is C/C=C/COc1cc(C)c(O[B]O)c(C)c1. The van der Waals surface area contributed by atoms with E-state index in [9.17, 15) is 0 Å². The highest BCUT2D eigenvalue weighted by molar-refractivity contribution is 6.17. The average Bonchev–Trinajstić information content (AvgIpc) is 2.24. The molecule has 0 spiro atoms. The van der Waals surface area contributed by atoms with Gasteiger partial charge in [0.15, 0.2) is 0 Å². The van der Waals surface area contributed by atoms with Gasteiger partial charge in [-0.1, -0.05) is 12.2 Å². The number of allylic oxidation sites excluding steroid dienone is 1. The van der Waals surface area contributed by atoms with Crippen molar-refractivity contribution in [1.29, 1.82) is 0 Å². The smallest absolute Gasteiger partial charge is 0.537 e. The molecule has 1 aromatic rings. The summed E-state index contributed by atoms with van der Waals surface area (Å²) in [6, 6.07) is 3.77. The van der Waals surface area contributed by atoms with Crippen molar-refractivity contribution >= 4 is 7.69 Å². The first kappa shape index (κ1) is 12.7. The van der Waals surface area contributed by atoms with E-state index in [0.29, 0.717) is 20.0 Å². The Morgan fingerprint density at radius 3 is 2.44 bits per heavy atom. The van der Waals surface area contributed by atoms with Gasteiger partial charge < -0.3 is 14.4 Å². The summed E-state index contributed by atoms with van der Waals surface area (Å²) in [4.78, 5) is 0. The van der Waals surface area contributed by atoms with E-state index in [0.717, 1.165) is 16.9 Å². The summed E-state index contributed by atoms with van der Waals surface area (Å²) < 4.78 is 10.5. The Kier molecular flexibility index (Phi) is 4.93. The first-order valence-electron chi connectivity index (χ1n) is 5.16. The molecule has 0 aromatic heterocycles. The number of hydrogen-bond donors (Lipinski definition) is 1. The van der Waals surface area contributed by atoms with E-state index in [4.69, 9.17) is 14.4 Å². The fourth-order valence-electron chi connectivity index (χ4n) is 1.47. The van der Waals surface area contributed by atoms with Crippen LogP contribution in [0.25, 0.3) is 0 Å². The monoisotopic (exact) mass is 219 g/mol. The van der Waals surface area contributed by atoms with Gasteiger partial charge in [0.25, 0.3) is 0 Å². The summed E-state index contributed by atoms with van der Waals surface area (Å²) >= 11 is 0. The fraction of sp³-hybridized carbons (Fsp3) is 0.333. The van der Waals surface area contributed by atoms with Crippen LogP contribution in [0.5, 0.6) is 11.5 Å². The van der Waals surface area contributed by atoms with Gasteiger partial charge in [0.2, 0.25) is 0 Å². The second-order valence-electron chi connectivity index (χ2n) is 3.49. The van der Waals surface area contributed by atoms with Gasteiger partial charge >= 0.3 is 7.69 Å². The van der Waals surface area contributed by atoms with E-state index in [1.165, 1.54) is 0 Å². The molecule has 85 valence electrons. The van der Waals surface area contributed by atoms with E-state index in [-0.39, 0.29) is 0 Å². The molecule has 0 saturated carbocycles. The molecule has 1 radical (unpaired) electrons. The van der Waals surface area contributed by atoms with Crippen LogP contribution in [0.1, 0.15) is 18.1 Å². The van der Waals surface area contributed by atoms with E-state index in [1.54, 1.807) is 0 Å². The van der Waals surface area contributed by atoms with E-state index < -0.39 is 0 Å². The highest BCUT2D eigenvalue weighted by Crippen LogP contribution is 2.28. The first-order chi connectivity index (χ1) is 7.69. The van der Waals surface area contributed by atoms with Crippen LogP contribution in [0.4, 0.5) is 0 Å². The van der Waals surface area contributed by atoms with Crippen LogP contribution in [-0.4, -0.2) is 19.3 Å². The van der Waals surface area contributed by atoms with Crippen LogP contribution < -0.4 is 9.39 Å². The van der Waals surface area contributed by atoms with Gasteiger partial charge in [0.1, 0.15) is 18.1 Å². The number of aryl methyl sites for hydroxylation is 2. The van der Waals surface area contributed by atoms with Crippen LogP contribution in [0.2, 0.25) is 0 Å². The van der Waals surface area contributed by atoms with E-state index in [1.807, 2.05) is 45.1 Å². The predicted octanol–water partition coefficient (Wildman–Crippen LogP) is 2.16. The molecule has 0 aliphatic carbocycles. The Balaban J connectivity index is 2.82. The lowest BCUT2D eigenvalue weighted by atomic mass is 10.1. The van der Waals surface area contributed by atoms with Gasteiger partial charge in [0, 0.05) is 0 Å². The maximum atomic E-state index is 8.62. The molecule has 0 atom stereocenters. The van der Waals surface area contributed by atoms with Crippen molar-refractivity contribution < 1.29 is 14.4 Å². The Morgan fingerprint density at radius 2 is 1.94 bits per heavy atom. The second-order valence-corrected chi connectivity index (χ2v) is 3.49. The largest absolute Gasteiger partial charge is 0.569 e. The Labute approximate surface area is 97.0 Å². The Bertz CT molecular complexity index is 352. The van der Waals surface area contributed by atoms with Crippen molar-refractivity contribution in [2.24, 2.45) is 0 Å². The molecule has 0 unspecified atom stereocenters. The molecule has 1 N–H and O–H groups in total. The van der Waals surface area contributed by atoms with Gasteiger partial charge in [0.05, 0.1) is 0 Å². The zero-order valence-corrected chi connectivity index (χ0v) is 9.86. The molecule has 0 amide bonds. The predicted molar refractivity (Wildman–Crippen MR) is 64.8 cm³/mol. The van der Waals surface area contributed by atoms with Gasteiger partial charge in [-0.2, -0.15) is 0 Å². The molecule has 0 aliphatic rings. The summed E-state index contributed by atoms with van der Waals surface area (Å²) in [7, 11) is 0.690. The third kappa shape index (κ3) is 3.31. The minimum atomic E-state index is 0.557. The third-order valence-electron chi connectivity index (χ3n) is 2.19. The van der Waals surface area contributed by atoms with Crippen molar-refractivity contribution in [1.82, 2.24) is 0 Å². The molecule has 3 nitrogen and oxygen atoms in total. The zero-order valence-electron chi connectivity index (χ0n) is 9.86. The van der Waals surface area contributed by atoms with Gasteiger partial charge in [-0.25, -0.2) is 0 Å². The molecule has 1 aromatic carbocycles. The first-order valence-corrected chi connectivity index (χ1v) is 5.16. The summed E-state index contributed by atoms with van der Waals surface area (Å²) in [5, 5.41) is 8.62. The molecule has 0 aliphatic heterocycles. The Hall–Kier alpha value is -1.42. The molecule has 0 bridgehead atoms. The maximum absolute atomic E-state index is 8.62. The van der Waals surface area contributed by atoms with Crippen LogP contribution >= 0.6 is 0 Å². The molecule has 0 heterocycles. The van der Waals surface area contributed by atoms with Crippen molar-refractivity contribution in [3.63, 3.8) is 0 Å². The summed E-state index contributed by atoms with van der Waals surface area (Å²) in [6.07, 6.45) is 3.88. The average molecular weight is 219 g/mol. The minimum absolute atomic E-state index is 0.557. The van der Waals surface area contributed by atoms with Gasteiger partial charge in [-0.15, -0.1) is 0 Å². The molecule has 1 rings (SSSR count). The fourth-order valence-corrected chi connectivity index (χ4v) is 1.47. The standard InChI is InChI=1S/C12H16BO3/c1-4-5-6-15-11-7-9(2)12(16-13-14)10(3)8-11/h4-5,7-8,14H,6H2,1-3H3/b5-4+. The van der Waals surface area contributed by atoms with Crippen LogP contribution in [0, 0.1) is 13.8 Å². The van der Waals surface area contributed by atoms with E-state index in [2.05, 4.69) is 0 Å². The number of benzene rings is 1. The lowest BCUT2D eigenvalue weighted by molar-refractivity contribution is 0.361. The summed E-state index contributed by atoms with van der Waals surface area (Å²) in [5.41, 5.74) is 1.86. The number of hydrogen-bond acceptors (Lipinski definition) is 3. The quantitative estimate of drug-likeness (QED) is 0.609. The lowest BCUT2D eigenvalue weighted by Gasteiger charge is -2.12. The molecule has 0 saturated heterocycles. The molecular weight excluding hydrogens is 203 g/mol. The van der Waals surface area contributed by atoms with Gasteiger partial charge in [-0.3, -0.25) is 0 Å². The minimum Gasteiger partial charge on any atom is -0.537 e. The zero-order chi connectivity index (χ0) is 12.0. The van der Waals surface area contributed by atoms with Crippen molar-refractivity contribution in [3.8, 4) is 11.5 Å². The normalized spacial score (nSPS) is 10.5. The molecule has 16 heavy (non-hydrogen) atoms. The second kappa shape index (κ2) is 6.23. The van der Waals surface area contributed by atoms with Gasteiger partial charge in [-0.05, 0) is 44.0 Å². The van der Waals surface area contributed by atoms with Crippen LogP contribution in [0.3, 0.4) is 0 Å². The summed E-state index contributed by atoms with van der Waals surface area (Å²) in [5.74, 6) is 1.47. The van der Waals surface area contributed by atoms with E-state index >= 15 is 0 Å². The van der Waals surface area contributed by atoms with Crippen LogP contribution in [-0.2, 0) is 0 Å². The highest BCUT2D eigenvalue weighted by Gasteiger charge is 2.07. The Morgan fingerprint density at radius 1 is 1.31 bits per heavy atom. The number of rotatable bonds is 5. The van der Waals surface area contributed by atoms with Crippen molar-refractivity contribution in [2.75, 3.05) is 6.61 Å². The number of ether oxygens (including phenoxy) is 1. The highest BCUT2D eigenvalue weighted by atomic mass is 16.5. The van der Waals surface area contributed by atoms with Crippen molar-refractivity contribution in [3.05, 3.63) is 35.4 Å². The lowest BCUT2D eigenvalue weighted by Crippen LogP contribution is -2.04. The molecular formula is C12H16BO3. The maximum Gasteiger partial charge on any atom is 0.569 e. The molecule has 0 fully saturated rings. The topological polar surface area (TPSA) is 38.7 Å². The summed E-state index contributed by atoms with van der Waals surface area (Å²) in [6.45, 7) is 6.33. The van der Waals surface area contributed by atoms with Crippen molar-refractivity contribution in [2.45, 2.75) is 20.8 Å². The molecule has 4 heteroatoms.